The Morgan fingerprint density at radius 3 is 2.17 bits per heavy atom. The van der Waals surface area contributed by atoms with E-state index in [9.17, 15) is 9.59 Å². The summed E-state index contributed by atoms with van der Waals surface area (Å²) in [5.41, 5.74) is 9.01. The van der Waals surface area contributed by atoms with Gasteiger partial charge in [0.15, 0.2) is 0 Å². The van der Waals surface area contributed by atoms with Gasteiger partial charge in [0.1, 0.15) is 5.60 Å². The number of hydrogen-bond donors (Lipinski definition) is 2. The van der Waals surface area contributed by atoms with E-state index >= 15 is 0 Å². The van der Waals surface area contributed by atoms with Gasteiger partial charge in [-0.2, -0.15) is 0 Å². The zero-order valence-corrected chi connectivity index (χ0v) is 7.29. The predicted octanol–water partition coefficient (Wildman–Crippen LogP) is 0.126. The molecule has 0 saturated carbocycles. The number of amides is 2. The molecule has 0 atom stereocenters. The fraction of sp³-hybridized carbons (Fsp3) is 0.714. The van der Waals surface area contributed by atoms with Gasteiger partial charge in [0, 0.05) is 6.42 Å². The average molecular weight is 174 g/mol. The molecule has 70 valence electrons. The van der Waals surface area contributed by atoms with Crippen LogP contribution < -0.4 is 11.5 Å². The van der Waals surface area contributed by atoms with Crippen LogP contribution in [-0.4, -0.2) is 17.6 Å². The summed E-state index contributed by atoms with van der Waals surface area (Å²) in [7, 11) is 0. The molecular weight excluding hydrogens is 160 g/mol. The highest BCUT2D eigenvalue weighted by molar-refractivity contribution is 5.73. The van der Waals surface area contributed by atoms with E-state index in [1.807, 2.05) is 0 Å². The Labute approximate surface area is 71.0 Å². The molecule has 5 heteroatoms. The number of rotatable bonds is 4. The Morgan fingerprint density at radius 2 is 1.83 bits per heavy atom. The Morgan fingerprint density at radius 1 is 1.33 bits per heavy atom. The first-order chi connectivity index (χ1) is 5.33. The van der Waals surface area contributed by atoms with Crippen molar-refractivity contribution < 1.29 is 14.3 Å². The number of hydrogen-bond acceptors (Lipinski definition) is 3. The molecule has 5 nitrogen and oxygen atoms in total. The van der Waals surface area contributed by atoms with Gasteiger partial charge in [-0.3, -0.25) is 4.79 Å². The van der Waals surface area contributed by atoms with Crippen LogP contribution in [0.5, 0.6) is 0 Å². The Bertz CT molecular complexity index is 189. The second kappa shape index (κ2) is 3.94. The standard InChI is InChI=1S/C7H14N2O3/c1-7(2,12-6(9)11)4-3-5(8)10/h3-4H2,1-2H3,(H2,8,10)(H2,9,11). The number of carbonyl (C=O) groups is 2. The molecule has 0 bridgehead atoms. The summed E-state index contributed by atoms with van der Waals surface area (Å²) in [6.45, 7) is 3.33. The highest BCUT2D eigenvalue weighted by Gasteiger charge is 2.21. The van der Waals surface area contributed by atoms with Crippen LogP contribution in [0.2, 0.25) is 0 Å². The molecule has 0 saturated heterocycles. The lowest BCUT2D eigenvalue weighted by atomic mass is 10.0. The summed E-state index contributed by atoms with van der Waals surface area (Å²) in [6, 6.07) is 0. The van der Waals surface area contributed by atoms with Crippen molar-refractivity contribution in [3.05, 3.63) is 0 Å². The van der Waals surface area contributed by atoms with Crippen LogP contribution in [0.25, 0.3) is 0 Å². The highest BCUT2D eigenvalue weighted by Crippen LogP contribution is 2.15. The smallest absolute Gasteiger partial charge is 0.405 e. The third kappa shape index (κ3) is 5.52. The molecule has 0 radical (unpaired) electrons. The summed E-state index contributed by atoms with van der Waals surface area (Å²) >= 11 is 0. The predicted molar refractivity (Wildman–Crippen MR) is 43.2 cm³/mol. The quantitative estimate of drug-likeness (QED) is 0.633. The third-order valence-corrected chi connectivity index (χ3v) is 1.35. The molecule has 12 heavy (non-hydrogen) atoms. The zero-order chi connectivity index (χ0) is 9.78. The first-order valence-corrected chi connectivity index (χ1v) is 3.60. The second-order valence-electron chi connectivity index (χ2n) is 3.15. The van der Waals surface area contributed by atoms with Gasteiger partial charge in [-0.15, -0.1) is 0 Å². The minimum absolute atomic E-state index is 0.181. The molecule has 0 aromatic heterocycles. The topological polar surface area (TPSA) is 95.4 Å². The Kier molecular flexibility index (Phi) is 3.53. The normalized spacial score (nSPS) is 10.8. The summed E-state index contributed by atoms with van der Waals surface area (Å²) in [5, 5.41) is 0. The van der Waals surface area contributed by atoms with Gasteiger partial charge in [0.2, 0.25) is 5.91 Å². The molecule has 4 N–H and O–H groups in total. The number of carbonyl (C=O) groups excluding carboxylic acids is 2. The molecule has 0 aromatic rings. The Balaban J connectivity index is 3.86. The fourth-order valence-electron chi connectivity index (χ4n) is 0.748. The van der Waals surface area contributed by atoms with Gasteiger partial charge < -0.3 is 16.2 Å². The van der Waals surface area contributed by atoms with Crippen molar-refractivity contribution in [2.45, 2.75) is 32.3 Å². The number of primary amides is 2. The van der Waals surface area contributed by atoms with Crippen LogP contribution in [0.4, 0.5) is 4.79 Å². The lowest BCUT2D eigenvalue weighted by Crippen LogP contribution is -2.32. The maximum Gasteiger partial charge on any atom is 0.405 e. The van der Waals surface area contributed by atoms with Crippen molar-refractivity contribution >= 4 is 12.0 Å². The molecular formula is C7H14N2O3. The van der Waals surface area contributed by atoms with Gasteiger partial charge in [-0.05, 0) is 20.3 Å². The molecule has 0 aliphatic rings. The van der Waals surface area contributed by atoms with Gasteiger partial charge in [-0.25, -0.2) is 4.79 Å². The van der Waals surface area contributed by atoms with E-state index in [1.165, 1.54) is 0 Å². The maximum absolute atomic E-state index is 10.4. The minimum atomic E-state index is -0.843. The van der Waals surface area contributed by atoms with Crippen LogP contribution in [-0.2, 0) is 9.53 Å². The lowest BCUT2D eigenvalue weighted by Gasteiger charge is -2.22. The van der Waals surface area contributed by atoms with Crippen molar-refractivity contribution in [1.29, 1.82) is 0 Å². The van der Waals surface area contributed by atoms with E-state index < -0.39 is 17.6 Å². The van der Waals surface area contributed by atoms with E-state index in [4.69, 9.17) is 16.2 Å². The number of nitrogens with two attached hydrogens (primary N) is 2. The molecule has 0 fully saturated rings. The van der Waals surface area contributed by atoms with Crippen molar-refractivity contribution in [1.82, 2.24) is 0 Å². The highest BCUT2D eigenvalue weighted by atomic mass is 16.6. The van der Waals surface area contributed by atoms with Crippen molar-refractivity contribution in [3.63, 3.8) is 0 Å². The van der Waals surface area contributed by atoms with Gasteiger partial charge in [0.05, 0.1) is 0 Å². The molecule has 0 heterocycles. The molecule has 0 spiro atoms. The van der Waals surface area contributed by atoms with Crippen LogP contribution in [0, 0.1) is 0 Å². The van der Waals surface area contributed by atoms with Crippen molar-refractivity contribution in [3.8, 4) is 0 Å². The van der Waals surface area contributed by atoms with E-state index in [-0.39, 0.29) is 6.42 Å². The fourth-order valence-corrected chi connectivity index (χ4v) is 0.748. The minimum Gasteiger partial charge on any atom is -0.444 e. The molecule has 0 aliphatic heterocycles. The van der Waals surface area contributed by atoms with Crippen LogP contribution >= 0.6 is 0 Å². The van der Waals surface area contributed by atoms with Gasteiger partial charge >= 0.3 is 6.09 Å². The molecule has 0 unspecified atom stereocenters. The summed E-state index contributed by atoms with van der Waals surface area (Å²) in [6.07, 6.45) is -0.282. The number of ether oxygens (including phenoxy) is 1. The van der Waals surface area contributed by atoms with E-state index in [2.05, 4.69) is 0 Å². The third-order valence-electron chi connectivity index (χ3n) is 1.35. The average Bonchev–Trinajstić information content (AvgIpc) is 1.81. The molecule has 0 aromatic carbocycles. The van der Waals surface area contributed by atoms with E-state index in [0.717, 1.165) is 0 Å². The maximum atomic E-state index is 10.4. The first-order valence-electron chi connectivity index (χ1n) is 3.60. The van der Waals surface area contributed by atoms with E-state index in [0.29, 0.717) is 6.42 Å². The molecule has 2 amide bonds. The van der Waals surface area contributed by atoms with Crippen LogP contribution in [0.3, 0.4) is 0 Å². The van der Waals surface area contributed by atoms with Gasteiger partial charge in [0.25, 0.3) is 0 Å². The summed E-state index contributed by atoms with van der Waals surface area (Å²) < 4.78 is 4.72. The van der Waals surface area contributed by atoms with E-state index in [1.54, 1.807) is 13.8 Å². The van der Waals surface area contributed by atoms with Crippen molar-refractivity contribution in [2.75, 3.05) is 0 Å². The Hall–Kier alpha value is -1.26. The van der Waals surface area contributed by atoms with Gasteiger partial charge in [-0.1, -0.05) is 0 Å². The molecule has 0 rings (SSSR count). The van der Waals surface area contributed by atoms with Crippen molar-refractivity contribution in [2.24, 2.45) is 11.5 Å². The summed E-state index contributed by atoms with van der Waals surface area (Å²) in [4.78, 5) is 20.7. The summed E-state index contributed by atoms with van der Waals surface area (Å²) in [5.74, 6) is -0.420. The largest absolute Gasteiger partial charge is 0.444 e. The monoisotopic (exact) mass is 174 g/mol. The molecule has 0 aliphatic carbocycles. The van der Waals surface area contributed by atoms with Crippen LogP contribution in [0.1, 0.15) is 26.7 Å². The second-order valence-corrected chi connectivity index (χ2v) is 3.15. The zero-order valence-electron chi connectivity index (χ0n) is 7.29. The lowest BCUT2D eigenvalue weighted by molar-refractivity contribution is -0.119. The first kappa shape index (κ1) is 10.7. The SMILES string of the molecule is CC(C)(CCC(N)=O)OC(N)=O. The van der Waals surface area contributed by atoms with Crippen LogP contribution in [0.15, 0.2) is 0 Å².